The van der Waals surface area contributed by atoms with E-state index in [0.29, 0.717) is 22.6 Å². The summed E-state index contributed by atoms with van der Waals surface area (Å²) in [5.74, 6) is 0.422. The summed E-state index contributed by atoms with van der Waals surface area (Å²) >= 11 is 0. The van der Waals surface area contributed by atoms with Gasteiger partial charge < -0.3 is 4.74 Å². The average Bonchev–Trinajstić information content (AvgIpc) is 2.43. The fourth-order valence-electron chi connectivity index (χ4n) is 1.86. The second-order valence-corrected chi connectivity index (χ2v) is 4.54. The van der Waals surface area contributed by atoms with Gasteiger partial charge in [-0.25, -0.2) is 4.79 Å². The van der Waals surface area contributed by atoms with Crippen LogP contribution in [-0.4, -0.2) is 11.0 Å². The largest absolute Gasteiger partial charge is 0.417 e. The maximum absolute atomic E-state index is 11.8. The number of hydrogen-bond acceptors (Lipinski definition) is 4. The first kappa shape index (κ1) is 14.5. The van der Waals surface area contributed by atoms with Gasteiger partial charge in [-0.1, -0.05) is 18.2 Å². The van der Waals surface area contributed by atoms with E-state index in [1.807, 2.05) is 6.07 Å². The van der Waals surface area contributed by atoms with Gasteiger partial charge in [0.05, 0.1) is 4.92 Å². The van der Waals surface area contributed by atoms with Crippen molar-refractivity contribution < 1.29 is 14.5 Å². The lowest BCUT2D eigenvalue weighted by molar-refractivity contribution is -0.385. The maximum Gasteiger partial charge on any atom is 0.417 e. The van der Waals surface area contributed by atoms with Gasteiger partial charge in [-0.3, -0.25) is 15.4 Å². The number of para-hydroxylation sites is 1. The molecule has 2 rings (SSSR count). The van der Waals surface area contributed by atoms with Gasteiger partial charge in [0.1, 0.15) is 5.75 Å². The molecule has 0 spiro atoms. The SMILES string of the molecule is Cc1cc([N+](=O)[O-])c(C)cc1NC(=O)Oc1ccccc1. The Morgan fingerprint density at radius 3 is 2.43 bits per heavy atom. The number of hydrogen-bond donors (Lipinski definition) is 1. The molecular formula is C15H14N2O4. The highest BCUT2D eigenvalue weighted by Crippen LogP contribution is 2.26. The molecule has 6 heteroatoms. The number of rotatable bonds is 3. The number of ether oxygens (including phenoxy) is 1. The molecule has 2 aromatic rings. The molecule has 0 atom stereocenters. The molecule has 0 heterocycles. The first-order chi connectivity index (χ1) is 9.97. The van der Waals surface area contributed by atoms with Crippen LogP contribution in [0.3, 0.4) is 0 Å². The minimum atomic E-state index is -0.641. The topological polar surface area (TPSA) is 81.5 Å². The normalized spacial score (nSPS) is 10.0. The summed E-state index contributed by atoms with van der Waals surface area (Å²) in [5.41, 5.74) is 1.58. The van der Waals surface area contributed by atoms with Crippen molar-refractivity contribution in [3.05, 3.63) is 63.7 Å². The summed E-state index contributed by atoms with van der Waals surface area (Å²) in [6.07, 6.45) is -0.641. The molecule has 0 unspecified atom stereocenters. The van der Waals surface area contributed by atoms with E-state index in [0.717, 1.165) is 0 Å². The van der Waals surface area contributed by atoms with Gasteiger partial charge in [0.15, 0.2) is 0 Å². The quantitative estimate of drug-likeness (QED) is 0.686. The average molecular weight is 286 g/mol. The van der Waals surface area contributed by atoms with Crippen molar-refractivity contribution in [2.45, 2.75) is 13.8 Å². The molecular weight excluding hydrogens is 272 g/mol. The number of benzene rings is 2. The number of aryl methyl sites for hydroxylation is 2. The smallest absolute Gasteiger partial charge is 0.410 e. The van der Waals surface area contributed by atoms with Gasteiger partial charge in [0, 0.05) is 17.3 Å². The predicted molar refractivity (Wildman–Crippen MR) is 78.7 cm³/mol. The van der Waals surface area contributed by atoms with Crippen molar-refractivity contribution in [1.29, 1.82) is 0 Å². The zero-order chi connectivity index (χ0) is 15.4. The molecule has 0 radical (unpaired) electrons. The zero-order valence-corrected chi connectivity index (χ0v) is 11.6. The van der Waals surface area contributed by atoms with Crippen LogP contribution in [0.1, 0.15) is 11.1 Å². The predicted octanol–water partition coefficient (Wildman–Crippen LogP) is 3.82. The van der Waals surface area contributed by atoms with Gasteiger partial charge in [-0.05, 0) is 37.6 Å². The molecule has 0 saturated heterocycles. The van der Waals surface area contributed by atoms with Crippen LogP contribution < -0.4 is 10.1 Å². The highest BCUT2D eigenvalue weighted by Gasteiger charge is 2.15. The van der Waals surface area contributed by atoms with Crippen molar-refractivity contribution in [3.63, 3.8) is 0 Å². The van der Waals surface area contributed by atoms with E-state index < -0.39 is 11.0 Å². The Balaban J connectivity index is 2.14. The molecule has 0 saturated carbocycles. The fraction of sp³-hybridized carbons (Fsp3) is 0.133. The zero-order valence-electron chi connectivity index (χ0n) is 11.6. The molecule has 0 aliphatic rings. The van der Waals surface area contributed by atoms with Crippen LogP contribution in [-0.2, 0) is 0 Å². The molecule has 1 amide bonds. The minimum Gasteiger partial charge on any atom is -0.410 e. The Labute approximate surface area is 121 Å². The molecule has 0 aliphatic carbocycles. The van der Waals surface area contributed by atoms with E-state index in [1.165, 1.54) is 6.07 Å². The van der Waals surface area contributed by atoms with E-state index in [9.17, 15) is 14.9 Å². The molecule has 6 nitrogen and oxygen atoms in total. The second-order valence-electron chi connectivity index (χ2n) is 4.54. The molecule has 0 fully saturated rings. The highest BCUT2D eigenvalue weighted by molar-refractivity contribution is 5.87. The van der Waals surface area contributed by atoms with Crippen LogP contribution in [0.15, 0.2) is 42.5 Å². The molecule has 0 bridgehead atoms. The van der Waals surface area contributed by atoms with E-state index in [-0.39, 0.29) is 5.69 Å². The number of nitrogens with one attached hydrogen (secondary N) is 1. The lowest BCUT2D eigenvalue weighted by Gasteiger charge is -2.10. The number of carbonyl (C=O) groups excluding carboxylic acids is 1. The van der Waals surface area contributed by atoms with Gasteiger partial charge in [-0.2, -0.15) is 0 Å². The number of amides is 1. The van der Waals surface area contributed by atoms with Crippen LogP contribution in [0, 0.1) is 24.0 Å². The van der Waals surface area contributed by atoms with Crippen LogP contribution >= 0.6 is 0 Å². The van der Waals surface area contributed by atoms with Gasteiger partial charge >= 0.3 is 6.09 Å². The number of nitro benzene ring substituents is 1. The Bertz CT molecular complexity index is 684. The van der Waals surface area contributed by atoms with E-state index in [2.05, 4.69) is 5.32 Å². The van der Waals surface area contributed by atoms with E-state index in [4.69, 9.17) is 4.74 Å². The van der Waals surface area contributed by atoms with Crippen molar-refractivity contribution in [2.24, 2.45) is 0 Å². The third-order valence-electron chi connectivity index (χ3n) is 2.93. The van der Waals surface area contributed by atoms with Crippen LogP contribution in [0.2, 0.25) is 0 Å². The van der Waals surface area contributed by atoms with Crippen molar-refractivity contribution in [2.75, 3.05) is 5.32 Å². The van der Waals surface area contributed by atoms with Crippen LogP contribution in [0.25, 0.3) is 0 Å². The lowest BCUT2D eigenvalue weighted by atomic mass is 10.1. The van der Waals surface area contributed by atoms with Crippen LogP contribution in [0.4, 0.5) is 16.2 Å². The lowest BCUT2D eigenvalue weighted by Crippen LogP contribution is -2.17. The maximum atomic E-state index is 11.8. The van der Waals surface area contributed by atoms with Crippen molar-refractivity contribution in [1.82, 2.24) is 0 Å². The molecule has 2 aromatic carbocycles. The summed E-state index contributed by atoms with van der Waals surface area (Å²) in [6, 6.07) is 11.6. The fourth-order valence-corrected chi connectivity index (χ4v) is 1.86. The molecule has 0 aliphatic heterocycles. The summed E-state index contributed by atoms with van der Waals surface area (Å²) in [7, 11) is 0. The summed E-state index contributed by atoms with van der Waals surface area (Å²) in [6.45, 7) is 3.30. The Morgan fingerprint density at radius 2 is 1.81 bits per heavy atom. The third kappa shape index (κ3) is 3.56. The van der Waals surface area contributed by atoms with E-state index in [1.54, 1.807) is 44.2 Å². The molecule has 21 heavy (non-hydrogen) atoms. The van der Waals surface area contributed by atoms with Crippen molar-refractivity contribution in [3.8, 4) is 5.75 Å². The van der Waals surface area contributed by atoms with Gasteiger partial charge in [0.25, 0.3) is 5.69 Å². The number of carbonyl (C=O) groups is 1. The van der Waals surface area contributed by atoms with Crippen molar-refractivity contribution >= 4 is 17.5 Å². The summed E-state index contributed by atoms with van der Waals surface area (Å²) < 4.78 is 5.11. The van der Waals surface area contributed by atoms with E-state index >= 15 is 0 Å². The Kier molecular flexibility index (Phi) is 4.18. The highest BCUT2D eigenvalue weighted by atomic mass is 16.6. The number of anilines is 1. The number of nitrogens with zero attached hydrogens (tertiary/aromatic N) is 1. The summed E-state index contributed by atoms with van der Waals surface area (Å²) in [5, 5.41) is 13.4. The first-order valence-corrected chi connectivity index (χ1v) is 6.27. The summed E-state index contributed by atoms with van der Waals surface area (Å²) in [4.78, 5) is 22.2. The second kappa shape index (κ2) is 6.04. The molecule has 1 N–H and O–H groups in total. The van der Waals surface area contributed by atoms with Crippen LogP contribution in [0.5, 0.6) is 5.75 Å². The standard InChI is InChI=1S/C15H14N2O4/c1-10-9-14(17(19)20)11(2)8-13(10)16-15(18)21-12-6-4-3-5-7-12/h3-9H,1-2H3,(H,16,18). The minimum absolute atomic E-state index is 0.0227. The monoisotopic (exact) mass is 286 g/mol. The van der Waals surface area contributed by atoms with Gasteiger partial charge in [-0.15, -0.1) is 0 Å². The third-order valence-corrected chi connectivity index (χ3v) is 2.93. The van der Waals surface area contributed by atoms with Gasteiger partial charge in [0.2, 0.25) is 0 Å². The number of nitro groups is 1. The molecule has 108 valence electrons. The Hall–Kier alpha value is -2.89. The first-order valence-electron chi connectivity index (χ1n) is 6.27. The molecule has 0 aromatic heterocycles. The Morgan fingerprint density at radius 1 is 1.14 bits per heavy atom.